The van der Waals surface area contributed by atoms with Crippen LogP contribution in [0.2, 0.25) is 10.0 Å². The Morgan fingerprint density at radius 2 is 1.87 bits per heavy atom. The number of carbonyl (C=O) groups is 2. The highest BCUT2D eigenvalue weighted by Crippen LogP contribution is 2.30. The summed E-state index contributed by atoms with van der Waals surface area (Å²) in [7, 11) is 0. The van der Waals surface area contributed by atoms with E-state index in [-0.39, 0.29) is 18.2 Å². The average Bonchev–Trinajstić information content (AvgIpc) is 2.77. The van der Waals surface area contributed by atoms with E-state index in [9.17, 15) is 9.59 Å². The van der Waals surface area contributed by atoms with E-state index in [0.29, 0.717) is 15.7 Å². The van der Waals surface area contributed by atoms with Gasteiger partial charge >= 0.3 is 0 Å². The summed E-state index contributed by atoms with van der Waals surface area (Å²) in [6, 6.07) is 11.8. The molecule has 2 aromatic carbocycles. The zero-order valence-electron chi connectivity index (χ0n) is 12.3. The van der Waals surface area contributed by atoms with Gasteiger partial charge in [-0.3, -0.25) is 9.59 Å². The Hall–Kier alpha value is -2.04. The SMILES string of the molecule is Cc1cccc(NC2CC(=O)N(c3ccc(Cl)c(Cl)c3)C2=O)c1. The number of carbonyl (C=O) groups excluding carboxylic acids is 2. The highest BCUT2D eigenvalue weighted by molar-refractivity contribution is 6.42. The predicted octanol–water partition coefficient (Wildman–Crippen LogP) is 4.05. The first-order valence-corrected chi connectivity index (χ1v) is 7.86. The summed E-state index contributed by atoms with van der Waals surface area (Å²) in [6.07, 6.45) is 0.104. The van der Waals surface area contributed by atoms with Crippen molar-refractivity contribution < 1.29 is 9.59 Å². The van der Waals surface area contributed by atoms with Gasteiger partial charge in [-0.1, -0.05) is 35.3 Å². The van der Waals surface area contributed by atoms with Gasteiger partial charge in [0.15, 0.2) is 0 Å². The lowest BCUT2D eigenvalue weighted by molar-refractivity contribution is -0.121. The molecule has 1 fully saturated rings. The molecule has 23 heavy (non-hydrogen) atoms. The lowest BCUT2D eigenvalue weighted by atomic mass is 10.2. The molecule has 1 unspecified atom stereocenters. The Balaban J connectivity index is 1.83. The highest BCUT2D eigenvalue weighted by atomic mass is 35.5. The van der Waals surface area contributed by atoms with Crippen LogP contribution in [-0.2, 0) is 9.59 Å². The van der Waals surface area contributed by atoms with Crippen molar-refractivity contribution in [2.24, 2.45) is 0 Å². The molecule has 0 spiro atoms. The first-order chi connectivity index (χ1) is 11.0. The first-order valence-electron chi connectivity index (χ1n) is 7.11. The average molecular weight is 349 g/mol. The predicted molar refractivity (Wildman–Crippen MR) is 92.2 cm³/mol. The second kappa shape index (κ2) is 6.22. The van der Waals surface area contributed by atoms with Crippen LogP contribution in [0.4, 0.5) is 11.4 Å². The summed E-state index contributed by atoms with van der Waals surface area (Å²) in [6.45, 7) is 1.97. The Bertz CT molecular complexity index is 792. The molecule has 2 amide bonds. The first kappa shape index (κ1) is 15.8. The van der Waals surface area contributed by atoms with Crippen LogP contribution in [0.15, 0.2) is 42.5 Å². The van der Waals surface area contributed by atoms with Gasteiger partial charge in [-0.2, -0.15) is 0 Å². The van der Waals surface area contributed by atoms with Crippen molar-refractivity contribution >= 4 is 46.4 Å². The number of anilines is 2. The molecule has 0 aliphatic carbocycles. The molecule has 0 radical (unpaired) electrons. The van der Waals surface area contributed by atoms with Crippen LogP contribution in [0.5, 0.6) is 0 Å². The molecule has 0 aromatic heterocycles. The van der Waals surface area contributed by atoms with Crippen molar-refractivity contribution in [2.45, 2.75) is 19.4 Å². The summed E-state index contributed by atoms with van der Waals surface area (Å²) in [4.78, 5) is 26.0. The number of hydrogen-bond donors (Lipinski definition) is 1. The Morgan fingerprint density at radius 3 is 2.57 bits per heavy atom. The minimum atomic E-state index is -0.584. The molecule has 1 atom stereocenters. The smallest absolute Gasteiger partial charge is 0.256 e. The van der Waals surface area contributed by atoms with Gasteiger partial charge in [0.1, 0.15) is 6.04 Å². The number of rotatable bonds is 3. The Labute approximate surface area is 144 Å². The Morgan fingerprint density at radius 1 is 1.09 bits per heavy atom. The maximum Gasteiger partial charge on any atom is 0.256 e. The number of hydrogen-bond acceptors (Lipinski definition) is 3. The van der Waals surface area contributed by atoms with Gasteiger partial charge in [-0.05, 0) is 42.8 Å². The van der Waals surface area contributed by atoms with Crippen molar-refractivity contribution in [1.82, 2.24) is 0 Å². The van der Waals surface area contributed by atoms with Crippen LogP contribution in [0.3, 0.4) is 0 Å². The molecule has 1 heterocycles. The fraction of sp³-hybridized carbons (Fsp3) is 0.176. The molecular formula is C17H14Cl2N2O2. The third kappa shape index (κ3) is 3.19. The second-order valence-corrected chi connectivity index (χ2v) is 6.25. The number of amides is 2. The third-order valence-corrected chi connectivity index (χ3v) is 4.41. The summed E-state index contributed by atoms with van der Waals surface area (Å²) in [5, 5.41) is 3.80. The van der Waals surface area contributed by atoms with Gasteiger partial charge < -0.3 is 5.32 Å². The lowest BCUT2D eigenvalue weighted by Gasteiger charge is -2.16. The molecule has 2 aromatic rings. The van der Waals surface area contributed by atoms with E-state index in [4.69, 9.17) is 23.2 Å². The molecule has 0 saturated carbocycles. The standard InChI is InChI=1S/C17H14Cl2N2O2/c1-10-3-2-4-11(7-10)20-15-9-16(22)21(17(15)23)12-5-6-13(18)14(19)8-12/h2-8,15,20H,9H2,1H3. The zero-order valence-corrected chi connectivity index (χ0v) is 13.9. The summed E-state index contributed by atoms with van der Waals surface area (Å²) >= 11 is 11.9. The monoisotopic (exact) mass is 348 g/mol. The molecule has 0 bridgehead atoms. The molecule has 3 rings (SSSR count). The van der Waals surface area contributed by atoms with Gasteiger partial charge in [0.25, 0.3) is 5.91 Å². The third-order valence-electron chi connectivity index (χ3n) is 3.67. The normalized spacial score (nSPS) is 17.7. The van der Waals surface area contributed by atoms with Gasteiger partial charge in [0.2, 0.25) is 5.91 Å². The zero-order chi connectivity index (χ0) is 16.6. The summed E-state index contributed by atoms with van der Waals surface area (Å²) < 4.78 is 0. The van der Waals surface area contributed by atoms with Crippen LogP contribution in [0, 0.1) is 6.92 Å². The van der Waals surface area contributed by atoms with E-state index in [0.717, 1.165) is 16.2 Å². The fourth-order valence-electron chi connectivity index (χ4n) is 2.58. The van der Waals surface area contributed by atoms with Gasteiger partial charge in [0, 0.05) is 5.69 Å². The Kier molecular flexibility index (Phi) is 4.28. The number of benzene rings is 2. The summed E-state index contributed by atoms with van der Waals surface area (Å²) in [5.74, 6) is -0.562. The van der Waals surface area contributed by atoms with Gasteiger partial charge in [-0.25, -0.2) is 4.90 Å². The molecular weight excluding hydrogens is 335 g/mol. The van der Waals surface area contributed by atoms with E-state index < -0.39 is 6.04 Å². The molecule has 1 aliphatic rings. The summed E-state index contributed by atoms with van der Waals surface area (Å²) in [5.41, 5.74) is 2.32. The highest BCUT2D eigenvalue weighted by Gasteiger charge is 2.39. The van der Waals surface area contributed by atoms with Crippen LogP contribution in [0.25, 0.3) is 0 Å². The van der Waals surface area contributed by atoms with Crippen LogP contribution in [0.1, 0.15) is 12.0 Å². The van der Waals surface area contributed by atoms with Crippen LogP contribution in [-0.4, -0.2) is 17.9 Å². The number of imide groups is 1. The van der Waals surface area contributed by atoms with Gasteiger partial charge in [-0.15, -0.1) is 0 Å². The maximum absolute atomic E-state index is 12.6. The van der Waals surface area contributed by atoms with Gasteiger partial charge in [0.05, 0.1) is 22.2 Å². The molecule has 6 heteroatoms. The van der Waals surface area contributed by atoms with E-state index >= 15 is 0 Å². The van der Waals surface area contributed by atoms with Crippen molar-refractivity contribution in [2.75, 3.05) is 10.2 Å². The number of nitrogens with one attached hydrogen (secondary N) is 1. The number of halogens is 2. The minimum absolute atomic E-state index is 0.104. The van der Waals surface area contributed by atoms with E-state index in [1.807, 2.05) is 31.2 Å². The van der Waals surface area contributed by atoms with Crippen molar-refractivity contribution in [3.05, 3.63) is 58.1 Å². The quantitative estimate of drug-likeness (QED) is 0.851. The maximum atomic E-state index is 12.6. The number of nitrogens with zero attached hydrogens (tertiary/aromatic N) is 1. The lowest BCUT2D eigenvalue weighted by Crippen LogP contribution is -2.34. The van der Waals surface area contributed by atoms with E-state index in [1.54, 1.807) is 12.1 Å². The molecule has 1 saturated heterocycles. The van der Waals surface area contributed by atoms with Crippen molar-refractivity contribution in [1.29, 1.82) is 0 Å². The van der Waals surface area contributed by atoms with Crippen LogP contribution < -0.4 is 10.2 Å². The topological polar surface area (TPSA) is 49.4 Å². The largest absolute Gasteiger partial charge is 0.373 e. The molecule has 118 valence electrons. The molecule has 1 N–H and O–H groups in total. The molecule has 1 aliphatic heterocycles. The molecule has 4 nitrogen and oxygen atoms in total. The van der Waals surface area contributed by atoms with Crippen molar-refractivity contribution in [3.63, 3.8) is 0 Å². The van der Waals surface area contributed by atoms with Crippen LogP contribution >= 0.6 is 23.2 Å². The second-order valence-electron chi connectivity index (χ2n) is 5.44. The van der Waals surface area contributed by atoms with Crippen molar-refractivity contribution in [3.8, 4) is 0 Å². The van der Waals surface area contributed by atoms with E-state index in [1.165, 1.54) is 6.07 Å². The fourth-order valence-corrected chi connectivity index (χ4v) is 2.87. The number of aryl methyl sites for hydroxylation is 1. The van der Waals surface area contributed by atoms with E-state index in [2.05, 4.69) is 5.32 Å². The minimum Gasteiger partial charge on any atom is -0.373 e.